The van der Waals surface area contributed by atoms with Gasteiger partial charge in [0.1, 0.15) is 5.58 Å². The second kappa shape index (κ2) is 5.09. The van der Waals surface area contributed by atoms with Crippen LogP contribution in [0.4, 0.5) is 0 Å². The number of rotatable bonds is 4. The van der Waals surface area contributed by atoms with Crippen molar-refractivity contribution in [3.63, 3.8) is 0 Å². The minimum atomic E-state index is -0.0241. The van der Waals surface area contributed by atoms with E-state index in [-0.39, 0.29) is 12.0 Å². The molecule has 0 saturated carbocycles. The molecular weight excluding hydrogens is 254 g/mol. The Bertz CT molecular complexity index is 682. The summed E-state index contributed by atoms with van der Waals surface area (Å²) >= 11 is 0. The summed E-state index contributed by atoms with van der Waals surface area (Å²) in [5.41, 5.74) is 6.75. The van der Waals surface area contributed by atoms with Gasteiger partial charge in [0.15, 0.2) is 5.76 Å². The Hall–Kier alpha value is -2.14. The first-order chi connectivity index (χ1) is 9.69. The van der Waals surface area contributed by atoms with Gasteiger partial charge in [-0.25, -0.2) is 0 Å². The highest BCUT2D eigenvalue weighted by Crippen LogP contribution is 2.28. The molecule has 0 radical (unpaired) electrons. The Kier molecular flexibility index (Phi) is 3.28. The lowest BCUT2D eigenvalue weighted by atomic mass is 9.99. The van der Waals surface area contributed by atoms with Gasteiger partial charge in [-0.05, 0) is 25.5 Å². The molecule has 1 aromatic carbocycles. The maximum atomic E-state index is 5.94. The normalized spacial score (nSPS) is 14.6. The molecule has 0 aliphatic rings. The SMILES string of the molecule is CCC(c1nc(-c2cc3ccccc3o2)no1)C(C)N. The van der Waals surface area contributed by atoms with Crippen LogP contribution in [0.2, 0.25) is 0 Å². The van der Waals surface area contributed by atoms with Crippen LogP contribution < -0.4 is 5.73 Å². The molecule has 0 bridgehead atoms. The highest BCUT2D eigenvalue weighted by Gasteiger charge is 2.22. The fourth-order valence-corrected chi connectivity index (χ4v) is 2.35. The molecule has 0 fully saturated rings. The summed E-state index contributed by atoms with van der Waals surface area (Å²) in [5, 5.41) is 5.02. The summed E-state index contributed by atoms with van der Waals surface area (Å²) in [6.07, 6.45) is 0.861. The smallest absolute Gasteiger partial charge is 0.238 e. The van der Waals surface area contributed by atoms with Crippen LogP contribution in [0.15, 0.2) is 39.3 Å². The van der Waals surface area contributed by atoms with Gasteiger partial charge in [-0.15, -0.1) is 0 Å². The second-order valence-corrected chi connectivity index (χ2v) is 4.98. The van der Waals surface area contributed by atoms with Crippen molar-refractivity contribution in [2.75, 3.05) is 0 Å². The highest BCUT2D eigenvalue weighted by atomic mass is 16.5. The van der Waals surface area contributed by atoms with Crippen LogP contribution in [0.3, 0.4) is 0 Å². The van der Waals surface area contributed by atoms with Crippen molar-refractivity contribution in [3.8, 4) is 11.6 Å². The number of benzene rings is 1. The summed E-state index contributed by atoms with van der Waals surface area (Å²) in [6, 6.07) is 9.68. The molecule has 20 heavy (non-hydrogen) atoms. The molecule has 3 rings (SSSR count). The molecule has 3 aromatic rings. The zero-order chi connectivity index (χ0) is 14.1. The lowest BCUT2D eigenvalue weighted by Crippen LogP contribution is -2.24. The van der Waals surface area contributed by atoms with E-state index in [9.17, 15) is 0 Å². The third-order valence-electron chi connectivity index (χ3n) is 3.48. The number of hydrogen-bond donors (Lipinski definition) is 1. The molecule has 104 valence electrons. The lowest BCUT2D eigenvalue weighted by Gasteiger charge is -2.13. The third-order valence-corrected chi connectivity index (χ3v) is 3.48. The third kappa shape index (κ3) is 2.20. The number of aromatic nitrogens is 2. The number of nitrogens with zero attached hydrogens (tertiary/aromatic N) is 2. The van der Waals surface area contributed by atoms with Crippen LogP contribution in [0, 0.1) is 0 Å². The van der Waals surface area contributed by atoms with E-state index < -0.39 is 0 Å². The van der Waals surface area contributed by atoms with Crippen molar-refractivity contribution < 1.29 is 8.94 Å². The Morgan fingerprint density at radius 3 is 2.80 bits per heavy atom. The summed E-state index contributed by atoms with van der Waals surface area (Å²) in [6.45, 7) is 4.00. The molecule has 5 nitrogen and oxygen atoms in total. The van der Waals surface area contributed by atoms with Crippen LogP contribution in [0.25, 0.3) is 22.6 Å². The van der Waals surface area contributed by atoms with Crippen molar-refractivity contribution in [2.45, 2.75) is 32.2 Å². The monoisotopic (exact) mass is 271 g/mol. The maximum absolute atomic E-state index is 5.94. The molecule has 2 heterocycles. The van der Waals surface area contributed by atoms with Gasteiger partial charge in [0.25, 0.3) is 0 Å². The molecule has 2 unspecified atom stereocenters. The first-order valence-corrected chi connectivity index (χ1v) is 6.77. The van der Waals surface area contributed by atoms with E-state index >= 15 is 0 Å². The standard InChI is InChI=1S/C15H17N3O2/c1-3-11(9(2)16)15-17-14(18-20-15)13-8-10-6-4-5-7-12(10)19-13/h4-9,11H,3,16H2,1-2H3. The lowest BCUT2D eigenvalue weighted by molar-refractivity contribution is 0.333. The van der Waals surface area contributed by atoms with Crippen LogP contribution in [0.1, 0.15) is 32.1 Å². The van der Waals surface area contributed by atoms with Gasteiger partial charge in [-0.1, -0.05) is 30.3 Å². The Morgan fingerprint density at radius 2 is 2.10 bits per heavy atom. The molecule has 0 saturated heterocycles. The zero-order valence-corrected chi connectivity index (χ0v) is 11.5. The van der Waals surface area contributed by atoms with E-state index in [1.54, 1.807) is 0 Å². The molecule has 2 atom stereocenters. The van der Waals surface area contributed by atoms with Crippen molar-refractivity contribution in [3.05, 3.63) is 36.2 Å². The average molecular weight is 271 g/mol. The number of hydrogen-bond acceptors (Lipinski definition) is 5. The Labute approximate surface area is 116 Å². The molecule has 0 amide bonds. The summed E-state index contributed by atoms with van der Waals surface area (Å²) in [5.74, 6) is 1.72. The van der Waals surface area contributed by atoms with E-state index in [4.69, 9.17) is 14.7 Å². The number of nitrogens with two attached hydrogens (primary N) is 1. The fraction of sp³-hybridized carbons (Fsp3) is 0.333. The van der Waals surface area contributed by atoms with Gasteiger partial charge in [-0.3, -0.25) is 0 Å². The molecule has 0 aliphatic carbocycles. The summed E-state index contributed by atoms with van der Waals surface area (Å²) in [4.78, 5) is 4.42. The van der Waals surface area contributed by atoms with Gasteiger partial charge in [0.2, 0.25) is 11.7 Å². The quantitative estimate of drug-likeness (QED) is 0.787. The van der Waals surface area contributed by atoms with Gasteiger partial charge >= 0.3 is 0 Å². The number of para-hydroxylation sites is 1. The topological polar surface area (TPSA) is 78.1 Å². The molecule has 2 N–H and O–H groups in total. The van der Waals surface area contributed by atoms with Crippen molar-refractivity contribution >= 4 is 11.0 Å². The van der Waals surface area contributed by atoms with E-state index in [0.717, 1.165) is 17.4 Å². The predicted molar refractivity (Wildman–Crippen MR) is 76.2 cm³/mol. The second-order valence-electron chi connectivity index (χ2n) is 4.98. The van der Waals surface area contributed by atoms with Gasteiger partial charge < -0.3 is 14.7 Å². The minimum Gasteiger partial charge on any atom is -0.453 e. The molecular formula is C15H17N3O2. The number of fused-ring (bicyclic) bond motifs is 1. The predicted octanol–water partition coefficient (Wildman–Crippen LogP) is 3.32. The van der Waals surface area contributed by atoms with Crippen LogP contribution in [0.5, 0.6) is 0 Å². The van der Waals surface area contributed by atoms with Crippen LogP contribution >= 0.6 is 0 Å². The molecule has 5 heteroatoms. The minimum absolute atomic E-state index is 0.0241. The summed E-state index contributed by atoms with van der Waals surface area (Å²) in [7, 11) is 0. The van der Waals surface area contributed by atoms with E-state index in [0.29, 0.717) is 17.5 Å². The van der Waals surface area contributed by atoms with Crippen LogP contribution in [-0.2, 0) is 0 Å². The Balaban J connectivity index is 1.97. The first-order valence-electron chi connectivity index (χ1n) is 6.77. The van der Waals surface area contributed by atoms with Gasteiger partial charge in [-0.2, -0.15) is 4.98 Å². The molecule has 0 aliphatic heterocycles. The van der Waals surface area contributed by atoms with Gasteiger partial charge in [0, 0.05) is 11.4 Å². The maximum Gasteiger partial charge on any atom is 0.238 e. The highest BCUT2D eigenvalue weighted by molar-refractivity contribution is 5.81. The average Bonchev–Trinajstić information content (AvgIpc) is 3.04. The summed E-state index contributed by atoms with van der Waals surface area (Å²) < 4.78 is 11.1. The first kappa shape index (κ1) is 12.9. The van der Waals surface area contributed by atoms with E-state index in [1.165, 1.54) is 0 Å². The van der Waals surface area contributed by atoms with Crippen LogP contribution in [-0.4, -0.2) is 16.2 Å². The fourth-order valence-electron chi connectivity index (χ4n) is 2.35. The van der Waals surface area contributed by atoms with Crippen molar-refractivity contribution in [2.24, 2.45) is 5.73 Å². The van der Waals surface area contributed by atoms with E-state index in [2.05, 4.69) is 17.1 Å². The molecule has 2 aromatic heterocycles. The number of furan rings is 1. The van der Waals surface area contributed by atoms with E-state index in [1.807, 2.05) is 37.3 Å². The zero-order valence-electron chi connectivity index (χ0n) is 11.5. The van der Waals surface area contributed by atoms with Crippen molar-refractivity contribution in [1.29, 1.82) is 0 Å². The molecule has 0 spiro atoms. The van der Waals surface area contributed by atoms with Gasteiger partial charge in [0.05, 0.1) is 5.92 Å². The van der Waals surface area contributed by atoms with Crippen molar-refractivity contribution in [1.82, 2.24) is 10.1 Å². The Morgan fingerprint density at radius 1 is 1.30 bits per heavy atom. The largest absolute Gasteiger partial charge is 0.453 e.